The molecule has 0 bridgehead atoms. The zero-order chi connectivity index (χ0) is 21.6. The van der Waals surface area contributed by atoms with Gasteiger partial charge in [0.1, 0.15) is 0 Å². The third-order valence-corrected chi connectivity index (χ3v) is 9.16. The Labute approximate surface area is 186 Å². The quantitative estimate of drug-likeness (QED) is 0.613. The topological polar surface area (TPSA) is 69.7 Å². The molecule has 30 heavy (non-hydrogen) atoms. The second-order valence-electron chi connectivity index (χ2n) is 8.40. The van der Waals surface area contributed by atoms with E-state index in [4.69, 9.17) is 0 Å². The number of piperidine rings is 1. The lowest BCUT2D eigenvalue weighted by atomic mass is 9.96. The number of nitrogens with zero attached hydrogens (tertiary/aromatic N) is 2. The van der Waals surface area contributed by atoms with E-state index in [1.165, 1.54) is 21.2 Å². The van der Waals surface area contributed by atoms with Crippen LogP contribution in [0.15, 0.2) is 29.2 Å². The summed E-state index contributed by atoms with van der Waals surface area (Å²) in [5.41, 5.74) is 1.19. The maximum absolute atomic E-state index is 13.1. The Morgan fingerprint density at radius 1 is 1.13 bits per heavy atom. The predicted molar refractivity (Wildman–Crippen MR) is 123 cm³/mol. The summed E-state index contributed by atoms with van der Waals surface area (Å²) in [6.07, 6.45) is 9.55. The molecular weight excluding hydrogens is 418 g/mol. The number of amides is 1. The zero-order valence-corrected chi connectivity index (χ0v) is 19.8. The number of rotatable bonds is 8. The Morgan fingerprint density at radius 2 is 1.83 bits per heavy atom. The Kier molecular flexibility index (Phi) is 8.62. The standard InChI is InChI=1S/C22H35N3O3S2/c1-24(20-8-4-3-5-9-20)30(27,28)25-16-6-7-19(17-25)22(26)23-15-14-18-10-12-21(29-2)13-11-18/h10-13,19-20H,3-9,14-17H2,1-2H3,(H,23,26). The highest BCUT2D eigenvalue weighted by atomic mass is 32.2. The van der Waals surface area contributed by atoms with Crippen LogP contribution in [0.5, 0.6) is 0 Å². The number of carbonyl (C=O) groups is 1. The van der Waals surface area contributed by atoms with Gasteiger partial charge in [-0.1, -0.05) is 31.4 Å². The molecule has 0 aromatic heterocycles. The normalized spacial score (nSPS) is 21.6. The smallest absolute Gasteiger partial charge is 0.281 e. The molecule has 1 aromatic carbocycles. The Hall–Kier alpha value is -1.09. The first-order valence-electron chi connectivity index (χ1n) is 11.1. The van der Waals surface area contributed by atoms with Gasteiger partial charge in [0.25, 0.3) is 10.2 Å². The molecule has 1 amide bonds. The highest BCUT2D eigenvalue weighted by molar-refractivity contribution is 7.98. The minimum Gasteiger partial charge on any atom is -0.355 e. The minimum absolute atomic E-state index is 0.0315. The highest BCUT2D eigenvalue weighted by Gasteiger charge is 2.37. The number of hydrogen-bond donors (Lipinski definition) is 1. The SMILES string of the molecule is CSc1ccc(CCNC(=O)C2CCCN(S(=O)(=O)N(C)C3CCCCC3)C2)cc1. The molecule has 1 saturated heterocycles. The Bertz CT molecular complexity index is 792. The predicted octanol–water partition coefficient (Wildman–Crippen LogP) is 3.29. The van der Waals surface area contributed by atoms with Gasteiger partial charge < -0.3 is 5.32 Å². The first-order valence-corrected chi connectivity index (χ1v) is 13.7. The van der Waals surface area contributed by atoms with Crippen LogP contribution in [0.2, 0.25) is 0 Å². The third-order valence-electron chi connectivity index (χ3n) is 6.41. The first kappa shape index (κ1) is 23.6. The van der Waals surface area contributed by atoms with Crippen molar-refractivity contribution in [3.8, 4) is 0 Å². The molecule has 3 rings (SSSR count). The summed E-state index contributed by atoms with van der Waals surface area (Å²) in [5, 5.41) is 3.01. The number of carbonyl (C=O) groups excluding carboxylic acids is 1. The molecule has 1 N–H and O–H groups in total. The van der Waals surface area contributed by atoms with Crippen LogP contribution < -0.4 is 5.32 Å². The molecule has 0 radical (unpaired) electrons. The lowest BCUT2D eigenvalue weighted by Gasteiger charge is -2.37. The largest absolute Gasteiger partial charge is 0.355 e. The molecular formula is C22H35N3O3S2. The molecule has 1 saturated carbocycles. The summed E-state index contributed by atoms with van der Waals surface area (Å²) >= 11 is 1.71. The van der Waals surface area contributed by atoms with Gasteiger partial charge in [0.15, 0.2) is 0 Å². The Balaban J connectivity index is 1.50. The maximum atomic E-state index is 13.1. The molecule has 1 aliphatic carbocycles. The summed E-state index contributed by atoms with van der Waals surface area (Å²) in [6, 6.07) is 8.46. The van der Waals surface area contributed by atoms with E-state index in [2.05, 4.69) is 35.8 Å². The summed E-state index contributed by atoms with van der Waals surface area (Å²) in [4.78, 5) is 13.9. The van der Waals surface area contributed by atoms with Crippen LogP contribution in [0.25, 0.3) is 0 Å². The number of thioether (sulfide) groups is 1. The zero-order valence-electron chi connectivity index (χ0n) is 18.2. The van der Waals surface area contributed by atoms with Crippen LogP contribution in [0, 0.1) is 5.92 Å². The molecule has 8 heteroatoms. The van der Waals surface area contributed by atoms with E-state index in [1.807, 2.05) is 0 Å². The van der Waals surface area contributed by atoms with Crippen LogP contribution in [0.3, 0.4) is 0 Å². The lowest BCUT2D eigenvalue weighted by molar-refractivity contribution is -0.126. The molecule has 1 aliphatic heterocycles. The summed E-state index contributed by atoms with van der Waals surface area (Å²) in [6.45, 7) is 1.36. The maximum Gasteiger partial charge on any atom is 0.281 e. The van der Waals surface area contributed by atoms with Gasteiger partial charge in [0.05, 0.1) is 5.92 Å². The van der Waals surface area contributed by atoms with Crippen LogP contribution in [-0.2, 0) is 21.4 Å². The molecule has 1 aromatic rings. The molecule has 1 heterocycles. The van der Waals surface area contributed by atoms with Gasteiger partial charge in [0, 0.05) is 37.6 Å². The van der Waals surface area contributed by atoms with Gasteiger partial charge in [0.2, 0.25) is 5.91 Å². The van der Waals surface area contributed by atoms with E-state index < -0.39 is 10.2 Å². The molecule has 1 unspecified atom stereocenters. The third kappa shape index (κ3) is 5.99. The minimum atomic E-state index is -3.51. The van der Waals surface area contributed by atoms with Crippen LogP contribution in [0.4, 0.5) is 0 Å². The Morgan fingerprint density at radius 3 is 2.50 bits per heavy atom. The van der Waals surface area contributed by atoms with Gasteiger partial charge in [-0.3, -0.25) is 4.79 Å². The fourth-order valence-corrected chi connectivity index (χ4v) is 6.54. The van der Waals surface area contributed by atoms with Crippen LogP contribution in [-0.4, -0.2) is 61.9 Å². The average molecular weight is 454 g/mol. The molecule has 168 valence electrons. The van der Waals surface area contributed by atoms with Crippen molar-refractivity contribution < 1.29 is 13.2 Å². The lowest BCUT2D eigenvalue weighted by Crippen LogP contribution is -2.52. The average Bonchev–Trinajstić information content (AvgIpc) is 2.79. The molecule has 0 spiro atoms. The molecule has 6 nitrogen and oxygen atoms in total. The highest BCUT2D eigenvalue weighted by Crippen LogP contribution is 2.27. The van der Waals surface area contributed by atoms with Gasteiger partial charge in [-0.2, -0.15) is 17.0 Å². The van der Waals surface area contributed by atoms with Crippen molar-refractivity contribution in [3.05, 3.63) is 29.8 Å². The summed E-state index contributed by atoms with van der Waals surface area (Å²) in [7, 11) is -1.81. The van der Waals surface area contributed by atoms with Gasteiger partial charge >= 0.3 is 0 Å². The van der Waals surface area contributed by atoms with E-state index in [9.17, 15) is 13.2 Å². The van der Waals surface area contributed by atoms with Gasteiger partial charge in [-0.25, -0.2) is 0 Å². The van der Waals surface area contributed by atoms with Crippen molar-refractivity contribution in [2.75, 3.05) is 32.9 Å². The fourth-order valence-electron chi connectivity index (χ4n) is 4.45. The first-order chi connectivity index (χ1) is 14.4. The van der Waals surface area contributed by atoms with Crippen molar-refractivity contribution in [1.29, 1.82) is 0 Å². The monoisotopic (exact) mass is 453 g/mol. The molecule has 1 atom stereocenters. The second-order valence-corrected chi connectivity index (χ2v) is 11.3. The van der Waals surface area contributed by atoms with Crippen molar-refractivity contribution in [1.82, 2.24) is 13.9 Å². The van der Waals surface area contributed by atoms with E-state index in [1.54, 1.807) is 23.1 Å². The van der Waals surface area contributed by atoms with E-state index in [0.29, 0.717) is 13.1 Å². The van der Waals surface area contributed by atoms with E-state index in [-0.39, 0.29) is 24.4 Å². The van der Waals surface area contributed by atoms with Crippen LogP contribution in [0.1, 0.15) is 50.5 Å². The molecule has 2 aliphatic rings. The number of hydrogen-bond acceptors (Lipinski definition) is 4. The van der Waals surface area contributed by atoms with E-state index >= 15 is 0 Å². The van der Waals surface area contributed by atoms with Crippen molar-refractivity contribution in [2.45, 2.75) is 62.3 Å². The van der Waals surface area contributed by atoms with Crippen molar-refractivity contribution in [3.63, 3.8) is 0 Å². The number of benzene rings is 1. The molecule has 2 fully saturated rings. The fraction of sp³-hybridized carbons (Fsp3) is 0.682. The van der Waals surface area contributed by atoms with Gasteiger partial charge in [-0.05, 0) is 56.1 Å². The van der Waals surface area contributed by atoms with Crippen molar-refractivity contribution >= 4 is 27.9 Å². The van der Waals surface area contributed by atoms with Crippen molar-refractivity contribution in [2.24, 2.45) is 5.92 Å². The number of nitrogens with one attached hydrogen (secondary N) is 1. The summed E-state index contributed by atoms with van der Waals surface area (Å²) < 4.78 is 29.3. The second kappa shape index (κ2) is 11.0. The summed E-state index contributed by atoms with van der Waals surface area (Å²) in [5.74, 6) is -0.303. The van der Waals surface area contributed by atoms with E-state index in [0.717, 1.165) is 44.9 Å². The van der Waals surface area contributed by atoms with Gasteiger partial charge in [-0.15, -0.1) is 11.8 Å². The van der Waals surface area contributed by atoms with Crippen LogP contribution >= 0.6 is 11.8 Å².